The fourth-order valence-electron chi connectivity index (χ4n) is 1.66. The third-order valence-electron chi connectivity index (χ3n) is 2.66. The lowest BCUT2D eigenvalue weighted by Gasteiger charge is -2.33. The zero-order valence-electron chi connectivity index (χ0n) is 9.74. The molecule has 1 aromatic carbocycles. The van der Waals surface area contributed by atoms with E-state index in [0.29, 0.717) is 5.56 Å². The van der Waals surface area contributed by atoms with Gasteiger partial charge in [0.15, 0.2) is 0 Å². The molecule has 0 bridgehead atoms. The number of alkyl halides is 3. The van der Waals surface area contributed by atoms with Gasteiger partial charge in [-0.2, -0.15) is 13.2 Å². The van der Waals surface area contributed by atoms with Crippen LogP contribution in [0.1, 0.15) is 19.4 Å². The van der Waals surface area contributed by atoms with Crippen LogP contribution in [-0.2, 0) is 6.42 Å². The number of halogens is 4. The van der Waals surface area contributed by atoms with Crippen LogP contribution >= 0.6 is 0 Å². The predicted octanol–water partition coefficient (Wildman–Crippen LogP) is 3.30. The molecule has 0 amide bonds. The van der Waals surface area contributed by atoms with Crippen molar-refractivity contribution in [1.29, 1.82) is 0 Å². The van der Waals surface area contributed by atoms with E-state index < -0.39 is 17.5 Å². The molecule has 0 radical (unpaired) electrons. The average molecular weight is 249 g/mol. The van der Waals surface area contributed by atoms with Crippen molar-refractivity contribution in [2.75, 3.05) is 6.54 Å². The molecule has 5 heteroatoms. The Hall–Kier alpha value is -1.10. The molecule has 0 heterocycles. The molecule has 1 N–H and O–H groups in total. The van der Waals surface area contributed by atoms with Crippen LogP contribution in [0.4, 0.5) is 17.6 Å². The normalized spacial score (nSPS) is 15.6. The van der Waals surface area contributed by atoms with Gasteiger partial charge in [-0.15, -0.1) is 0 Å². The first-order chi connectivity index (χ1) is 7.78. The highest BCUT2D eigenvalue weighted by Gasteiger charge is 2.50. The van der Waals surface area contributed by atoms with Crippen LogP contribution in [-0.4, -0.2) is 18.3 Å². The Balaban J connectivity index is 2.91. The second-order valence-corrected chi connectivity index (χ2v) is 4.16. The van der Waals surface area contributed by atoms with Gasteiger partial charge in [0.1, 0.15) is 11.4 Å². The monoisotopic (exact) mass is 249 g/mol. The van der Waals surface area contributed by atoms with E-state index in [1.165, 1.54) is 12.1 Å². The van der Waals surface area contributed by atoms with Gasteiger partial charge in [0, 0.05) is 0 Å². The van der Waals surface area contributed by atoms with Crippen LogP contribution in [0.2, 0.25) is 0 Å². The van der Waals surface area contributed by atoms with Gasteiger partial charge < -0.3 is 5.32 Å². The first kappa shape index (κ1) is 14.0. The Labute approximate surface area is 97.8 Å². The van der Waals surface area contributed by atoms with E-state index in [4.69, 9.17) is 0 Å². The molecule has 0 spiro atoms. The largest absolute Gasteiger partial charge is 0.406 e. The lowest BCUT2D eigenvalue weighted by atomic mass is 9.92. The van der Waals surface area contributed by atoms with Crippen molar-refractivity contribution in [1.82, 2.24) is 5.32 Å². The van der Waals surface area contributed by atoms with E-state index in [1.54, 1.807) is 6.92 Å². The third-order valence-corrected chi connectivity index (χ3v) is 2.66. The minimum absolute atomic E-state index is 0.218. The molecule has 96 valence electrons. The fraction of sp³-hybridized carbons (Fsp3) is 0.500. The first-order valence-electron chi connectivity index (χ1n) is 5.35. The molecule has 1 aromatic rings. The topological polar surface area (TPSA) is 12.0 Å². The SMILES string of the molecule is CCNC(C)(Cc1ccc(F)cc1)C(F)(F)F. The number of benzene rings is 1. The minimum atomic E-state index is -4.35. The molecule has 1 atom stereocenters. The molecule has 0 aliphatic heterocycles. The highest BCUT2D eigenvalue weighted by molar-refractivity contribution is 5.19. The molecule has 0 fully saturated rings. The van der Waals surface area contributed by atoms with Gasteiger partial charge in [-0.3, -0.25) is 0 Å². The van der Waals surface area contributed by atoms with Gasteiger partial charge in [0.25, 0.3) is 0 Å². The zero-order chi connectivity index (χ0) is 13.1. The molecule has 0 aromatic heterocycles. The standard InChI is InChI=1S/C12H15F4N/c1-3-17-11(2,12(14,15)16)8-9-4-6-10(13)7-5-9/h4-7,17H,3,8H2,1-2H3. The summed E-state index contributed by atoms with van der Waals surface area (Å²) in [4.78, 5) is 0. The van der Waals surface area contributed by atoms with Gasteiger partial charge in [-0.05, 0) is 37.6 Å². The van der Waals surface area contributed by atoms with Gasteiger partial charge in [0.05, 0.1) is 0 Å². The molecule has 0 saturated heterocycles. The smallest absolute Gasteiger partial charge is 0.304 e. The summed E-state index contributed by atoms with van der Waals surface area (Å²) in [5.74, 6) is -0.453. The lowest BCUT2D eigenvalue weighted by molar-refractivity contribution is -0.190. The maximum Gasteiger partial charge on any atom is 0.406 e. The van der Waals surface area contributed by atoms with Crippen molar-refractivity contribution in [3.63, 3.8) is 0 Å². The molecule has 0 aliphatic rings. The molecule has 1 rings (SSSR count). The molecule has 0 saturated carbocycles. The van der Waals surface area contributed by atoms with Gasteiger partial charge in [-0.1, -0.05) is 19.1 Å². The minimum Gasteiger partial charge on any atom is -0.304 e. The summed E-state index contributed by atoms with van der Waals surface area (Å²) in [6.45, 7) is 2.95. The number of likely N-dealkylation sites (N-methyl/N-ethyl adjacent to an activating group) is 1. The molecular weight excluding hydrogens is 234 g/mol. The van der Waals surface area contributed by atoms with Crippen molar-refractivity contribution in [2.24, 2.45) is 0 Å². The summed E-state index contributed by atoms with van der Waals surface area (Å²) in [6, 6.07) is 5.07. The predicted molar refractivity (Wildman–Crippen MR) is 58.2 cm³/mol. The maximum absolute atomic E-state index is 12.9. The van der Waals surface area contributed by atoms with Gasteiger partial charge >= 0.3 is 6.18 Å². The van der Waals surface area contributed by atoms with Crippen LogP contribution in [0.15, 0.2) is 24.3 Å². The van der Waals surface area contributed by atoms with Crippen molar-refractivity contribution < 1.29 is 17.6 Å². The van der Waals surface area contributed by atoms with Crippen molar-refractivity contribution in [3.05, 3.63) is 35.6 Å². The van der Waals surface area contributed by atoms with Crippen molar-refractivity contribution in [3.8, 4) is 0 Å². The summed E-state index contributed by atoms with van der Waals surface area (Å²) < 4.78 is 51.4. The number of nitrogens with one attached hydrogen (secondary N) is 1. The number of hydrogen-bond donors (Lipinski definition) is 1. The van der Waals surface area contributed by atoms with E-state index in [1.807, 2.05) is 0 Å². The summed E-state index contributed by atoms with van der Waals surface area (Å²) in [7, 11) is 0. The zero-order valence-corrected chi connectivity index (χ0v) is 9.74. The van der Waals surface area contributed by atoms with Crippen LogP contribution in [0.5, 0.6) is 0 Å². The highest BCUT2D eigenvalue weighted by Crippen LogP contribution is 2.32. The van der Waals surface area contributed by atoms with E-state index in [-0.39, 0.29) is 13.0 Å². The Morgan fingerprint density at radius 1 is 1.12 bits per heavy atom. The molecule has 17 heavy (non-hydrogen) atoms. The van der Waals surface area contributed by atoms with Gasteiger partial charge in [0.2, 0.25) is 0 Å². The quantitative estimate of drug-likeness (QED) is 0.807. The van der Waals surface area contributed by atoms with E-state index in [0.717, 1.165) is 19.1 Å². The van der Waals surface area contributed by atoms with Crippen molar-refractivity contribution >= 4 is 0 Å². The lowest BCUT2D eigenvalue weighted by Crippen LogP contribution is -2.55. The second-order valence-electron chi connectivity index (χ2n) is 4.16. The Morgan fingerprint density at radius 2 is 1.65 bits per heavy atom. The fourth-order valence-corrected chi connectivity index (χ4v) is 1.66. The second kappa shape index (κ2) is 5.04. The summed E-state index contributed by atoms with van der Waals surface area (Å²) in [5.41, 5.74) is -1.54. The highest BCUT2D eigenvalue weighted by atomic mass is 19.4. The number of hydrogen-bond acceptors (Lipinski definition) is 1. The van der Waals surface area contributed by atoms with E-state index in [9.17, 15) is 17.6 Å². The van der Waals surface area contributed by atoms with Crippen LogP contribution < -0.4 is 5.32 Å². The van der Waals surface area contributed by atoms with E-state index in [2.05, 4.69) is 5.32 Å². The molecular formula is C12H15F4N. The Bertz CT molecular complexity index is 358. The van der Waals surface area contributed by atoms with Crippen LogP contribution in [0.25, 0.3) is 0 Å². The summed E-state index contributed by atoms with van der Waals surface area (Å²) in [5, 5.41) is 2.44. The molecule has 0 aliphatic carbocycles. The average Bonchev–Trinajstić information content (AvgIpc) is 2.20. The Kier molecular flexibility index (Phi) is 4.14. The van der Waals surface area contributed by atoms with E-state index >= 15 is 0 Å². The van der Waals surface area contributed by atoms with Crippen LogP contribution in [0.3, 0.4) is 0 Å². The molecule has 1 nitrogen and oxygen atoms in total. The third kappa shape index (κ3) is 3.43. The first-order valence-corrected chi connectivity index (χ1v) is 5.35. The van der Waals surface area contributed by atoms with Crippen LogP contribution in [0, 0.1) is 5.82 Å². The van der Waals surface area contributed by atoms with Gasteiger partial charge in [-0.25, -0.2) is 4.39 Å². The summed E-state index contributed by atoms with van der Waals surface area (Å²) in [6.07, 6.45) is -4.57. The maximum atomic E-state index is 12.9. The summed E-state index contributed by atoms with van der Waals surface area (Å²) >= 11 is 0. The van der Waals surface area contributed by atoms with Crippen molar-refractivity contribution in [2.45, 2.75) is 32.0 Å². The Morgan fingerprint density at radius 3 is 2.06 bits per heavy atom. The number of rotatable bonds is 4. The molecule has 1 unspecified atom stereocenters.